The van der Waals surface area contributed by atoms with E-state index in [4.69, 9.17) is 9.84 Å². The number of aliphatic carboxylic acids is 1. The quantitative estimate of drug-likeness (QED) is 0.752. The van der Waals surface area contributed by atoms with Crippen LogP contribution in [0.1, 0.15) is 60.8 Å². The van der Waals surface area contributed by atoms with E-state index in [9.17, 15) is 9.59 Å². The number of hydrogen-bond acceptors (Lipinski definition) is 3. The average molecular weight is 272 g/mol. The summed E-state index contributed by atoms with van der Waals surface area (Å²) >= 11 is 0. The summed E-state index contributed by atoms with van der Waals surface area (Å²) in [6.45, 7) is 11.8. The maximum atomic E-state index is 11.6. The van der Waals surface area contributed by atoms with Crippen LogP contribution in [0.5, 0.6) is 0 Å². The van der Waals surface area contributed by atoms with Crippen molar-refractivity contribution in [2.75, 3.05) is 6.61 Å². The maximum Gasteiger partial charge on any atom is 0.311 e. The Hall–Kier alpha value is -1.06. The Bertz CT molecular complexity index is 307. The van der Waals surface area contributed by atoms with Gasteiger partial charge in [-0.25, -0.2) is 0 Å². The third kappa shape index (κ3) is 8.62. The molecule has 4 nitrogen and oxygen atoms in total. The van der Waals surface area contributed by atoms with Gasteiger partial charge in [-0.15, -0.1) is 0 Å². The van der Waals surface area contributed by atoms with Crippen LogP contribution in [0, 0.1) is 16.7 Å². The Kier molecular flexibility index (Phi) is 6.53. The van der Waals surface area contributed by atoms with E-state index >= 15 is 0 Å². The minimum atomic E-state index is -0.809. The second kappa shape index (κ2) is 6.92. The summed E-state index contributed by atoms with van der Waals surface area (Å²) in [4.78, 5) is 22.7. The molecule has 0 aromatic carbocycles. The van der Waals surface area contributed by atoms with Crippen molar-refractivity contribution in [1.82, 2.24) is 0 Å². The fourth-order valence-corrected chi connectivity index (χ4v) is 1.51. The van der Waals surface area contributed by atoms with Crippen LogP contribution in [0.3, 0.4) is 0 Å². The van der Waals surface area contributed by atoms with Crippen LogP contribution in [0.2, 0.25) is 0 Å². The van der Waals surface area contributed by atoms with Gasteiger partial charge in [0.2, 0.25) is 0 Å². The molecule has 1 N–H and O–H groups in total. The molecule has 4 heteroatoms. The van der Waals surface area contributed by atoms with Gasteiger partial charge in [0.25, 0.3) is 0 Å². The van der Waals surface area contributed by atoms with E-state index < -0.39 is 17.3 Å². The van der Waals surface area contributed by atoms with Gasteiger partial charge in [0.15, 0.2) is 0 Å². The number of carboxylic acids is 1. The van der Waals surface area contributed by atoms with E-state index in [1.54, 1.807) is 20.8 Å². The molecule has 1 unspecified atom stereocenters. The van der Waals surface area contributed by atoms with E-state index in [0.717, 1.165) is 6.42 Å². The number of carbonyl (C=O) groups excluding carboxylic acids is 1. The lowest BCUT2D eigenvalue weighted by atomic mass is 9.86. The monoisotopic (exact) mass is 272 g/mol. The van der Waals surface area contributed by atoms with Crippen molar-refractivity contribution in [3.8, 4) is 0 Å². The SMILES string of the molecule is CC(C)(C)CCC(CCOC(=O)C(C)(C)C)C(=O)O. The molecule has 1 atom stereocenters. The molecule has 0 fully saturated rings. The zero-order valence-electron chi connectivity index (χ0n) is 13.1. The Morgan fingerprint density at radius 2 is 1.58 bits per heavy atom. The second-order valence-electron chi connectivity index (χ2n) is 7.31. The Morgan fingerprint density at radius 3 is 1.95 bits per heavy atom. The van der Waals surface area contributed by atoms with Crippen molar-refractivity contribution in [3.63, 3.8) is 0 Å². The maximum absolute atomic E-state index is 11.6. The van der Waals surface area contributed by atoms with Crippen LogP contribution < -0.4 is 0 Å². The van der Waals surface area contributed by atoms with Crippen LogP contribution >= 0.6 is 0 Å². The topological polar surface area (TPSA) is 63.6 Å². The predicted molar refractivity (Wildman–Crippen MR) is 74.8 cm³/mol. The molecule has 0 radical (unpaired) electrons. The minimum Gasteiger partial charge on any atom is -0.481 e. The number of rotatable bonds is 6. The first-order valence-electron chi connectivity index (χ1n) is 6.83. The van der Waals surface area contributed by atoms with Crippen molar-refractivity contribution in [2.24, 2.45) is 16.7 Å². The zero-order valence-corrected chi connectivity index (χ0v) is 13.1. The lowest BCUT2D eigenvalue weighted by molar-refractivity contribution is -0.155. The highest BCUT2D eigenvalue weighted by atomic mass is 16.5. The van der Waals surface area contributed by atoms with E-state index in [1.807, 2.05) is 0 Å². The number of carboxylic acid groups (broad SMARTS) is 1. The molecular weight excluding hydrogens is 244 g/mol. The van der Waals surface area contributed by atoms with Gasteiger partial charge in [-0.1, -0.05) is 20.8 Å². The highest BCUT2D eigenvalue weighted by molar-refractivity contribution is 5.75. The summed E-state index contributed by atoms with van der Waals surface area (Å²) in [6.07, 6.45) is 1.84. The molecule has 19 heavy (non-hydrogen) atoms. The van der Waals surface area contributed by atoms with Crippen molar-refractivity contribution in [1.29, 1.82) is 0 Å². The number of carbonyl (C=O) groups is 2. The molecule has 0 spiro atoms. The Labute approximate surface area is 116 Å². The van der Waals surface area contributed by atoms with E-state index in [-0.39, 0.29) is 18.0 Å². The van der Waals surface area contributed by atoms with Crippen LogP contribution in [0.4, 0.5) is 0 Å². The fourth-order valence-electron chi connectivity index (χ4n) is 1.51. The van der Waals surface area contributed by atoms with Gasteiger partial charge in [-0.05, 0) is 45.4 Å². The Balaban J connectivity index is 4.17. The van der Waals surface area contributed by atoms with Crippen molar-refractivity contribution in [3.05, 3.63) is 0 Å². The van der Waals surface area contributed by atoms with Gasteiger partial charge < -0.3 is 9.84 Å². The number of ether oxygens (including phenoxy) is 1. The highest BCUT2D eigenvalue weighted by Crippen LogP contribution is 2.25. The summed E-state index contributed by atoms with van der Waals surface area (Å²) < 4.78 is 5.12. The second-order valence-corrected chi connectivity index (χ2v) is 7.31. The minimum absolute atomic E-state index is 0.121. The molecule has 112 valence electrons. The first kappa shape index (κ1) is 17.9. The molecular formula is C15H28O4. The zero-order chi connectivity index (χ0) is 15.3. The van der Waals surface area contributed by atoms with Gasteiger partial charge in [0, 0.05) is 0 Å². The Morgan fingerprint density at radius 1 is 1.05 bits per heavy atom. The van der Waals surface area contributed by atoms with Gasteiger partial charge in [-0.3, -0.25) is 9.59 Å². The van der Waals surface area contributed by atoms with Crippen molar-refractivity contribution < 1.29 is 19.4 Å². The third-order valence-electron chi connectivity index (χ3n) is 2.90. The summed E-state index contributed by atoms with van der Waals surface area (Å²) in [5, 5.41) is 9.15. The fraction of sp³-hybridized carbons (Fsp3) is 0.867. The molecule has 0 saturated heterocycles. The molecule has 0 aromatic rings. The van der Waals surface area contributed by atoms with Crippen LogP contribution in [-0.2, 0) is 14.3 Å². The summed E-state index contributed by atoms with van der Waals surface area (Å²) in [5.41, 5.74) is -0.417. The molecule has 0 aliphatic carbocycles. The van der Waals surface area contributed by atoms with Gasteiger partial charge in [-0.2, -0.15) is 0 Å². The molecule has 0 aliphatic rings. The number of hydrogen-bond donors (Lipinski definition) is 1. The average Bonchev–Trinajstić information content (AvgIpc) is 2.19. The van der Waals surface area contributed by atoms with Crippen LogP contribution in [-0.4, -0.2) is 23.7 Å². The first-order valence-corrected chi connectivity index (χ1v) is 6.83. The first-order chi connectivity index (χ1) is 8.43. The van der Waals surface area contributed by atoms with E-state index in [2.05, 4.69) is 20.8 Å². The smallest absolute Gasteiger partial charge is 0.311 e. The van der Waals surface area contributed by atoms with Crippen molar-refractivity contribution >= 4 is 11.9 Å². The predicted octanol–water partition coefficient (Wildman–Crippen LogP) is 3.49. The molecule has 0 aromatic heterocycles. The molecule has 0 amide bonds. The summed E-state index contributed by atoms with van der Waals surface area (Å²) in [5.74, 6) is -1.53. The lowest BCUT2D eigenvalue weighted by Gasteiger charge is -2.21. The third-order valence-corrected chi connectivity index (χ3v) is 2.90. The summed E-state index contributed by atoms with van der Waals surface area (Å²) in [6, 6.07) is 0. The summed E-state index contributed by atoms with van der Waals surface area (Å²) in [7, 11) is 0. The highest BCUT2D eigenvalue weighted by Gasteiger charge is 2.25. The molecule has 0 aliphatic heterocycles. The molecule has 0 heterocycles. The van der Waals surface area contributed by atoms with Crippen LogP contribution in [0.15, 0.2) is 0 Å². The van der Waals surface area contributed by atoms with Gasteiger partial charge >= 0.3 is 11.9 Å². The molecule has 0 bridgehead atoms. The van der Waals surface area contributed by atoms with E-state index in [0.29, 0.717) is 12.8 Å². The standard InChI is InChI=1S/C15H28O4/c1-14(2,3)9-7-11(12(16)17)8-10-19-13(18)15(4,5)6/h11H,7-10H2,1-6H3,(H,16,17). The van der Waals surface area contributed by atoms with Crippen molar-refractivity contribution in [2.45, 2.75) is 60.8 Å². The van der Waals surface area contributed by atoms with E-state index in [1.165, 1.54) is 0 Å². The normalized spacial score (nSPS) is 14.0. The largest absolute Gasteiger partial charge is 0.481 e. The lowest BCUT2D eigenvalue weighted by Crippen LogP contribution is -2.25. The van der Waals surface area contributed by atoms with Crippen LogP contribution in [0.25, 0.3) is 0 Å². The molecule has 0 rings (SSSR count). The molecule has 0 saturated carbocycles. The van der Waals surface area contributed by atoms with Gasteiger partial charge in [0.1, 0.15) is 0 Å². The number of esters is 1. The van der Waals surface area contributed by atoms with Gasteiger partial charge in [0.05, 0.1) is 17.9 Å².